The molecule has 0 fully saturated rings. The SMILES string of the molecule is C=CCC[C@@H](NC(=O)c1ccncc1)C(N)=O. The van der Waals surface area contributed by atoms with Crippen LogP contribution in [0.2, 0.25) is 0 Å². The van der Waals surface area contributed by atoms with E-state index in [0.29, 0.717) is 18.4 Å². The Morgan fingerprint density at radius 1 is 1.47 bits per heavy atom. The molecule has 0 aliphatic carbocycles. The van der Waals surface area contributed by atoms with E-state index in [-0.39, 0.29) is 5.91 Å². The first-order chi connectivity index (χ1) is 8.15. The summed E-state index contributed by atoms with van der Waals surface area (Å²) >= 11 is 0. The van der Waals surface area contributed by atoms with Crippen LogP contribution in [0.5, 0.6) is 0 Å². The number of carbonyl (C=O) groups is 2. The Hall–Kier alpha value is -2.17. The second-order valence-electron chi connectivity index (χ2n) is 3.53. The normalized spacial score (nSPS) is 11.5. The minimum absolute atomic E-state index is 0.333. The van der Waals surface area contributed by atoms with Crippen molar-refractivity contribution in [3.63, 3.8) is 0 Å². The number of carbonyl (C=O) groups excluding carboxylic acids is 2. The molecular formula is C12H15N3O2. The molecule has 17 heavy (non-hydrogen) atoms. The highest BCUT2D eigenvalue weighted by atomic mass is 16.2. The van der Waals surface area contributed by atoms with Crippen LogP contribution in [0.3, 0.4) is 0 Å². The number of nitrogens with one attached hydrogen (secondary N) is 1. The molecule has 1 rings (SSSR count). The molecule has 0 unspecified atom stereocenters. The third-order valence-electron chi connectivity index (χ3n) is 2.25. The fraction of sp³-hybridized carbons (Fsp3) is 0.250. The van der Waals surface area contributed by atoms with E-state index in [2.05, 4.69) is 16.9 Å². The fourth-order valence-corrected chi connectivity index (χ4v) is 1.31. The first-order valence-electron chi connectivity index (χ1n) is 5.26. The maximum atomic E-state index is 11.8. The lowest BCUT2D eigenvalue weighted by atomic mass is 10.1. The molecule has 3 N–H and O–H groups in total. The van der Waals surface area contributed by atoms with Gasteiger partial charge >= 0.3 is 0 Å². The summed E-state index contributed by atoms with van der Waals surface area (Å²) in [7, 11) is 0. The summed E-state index contributed by atoms with van der Waals surface area (Å²) in [6.07, 6.45) is 5.77. The molecule has 1 atom stereocenters. The molecule has 0 aliphatic heterocycles. The van der Waals surface area contributed by atoms with Crippen LogP contribution in [0.15, 0.2) is 37.2 Å². The number of aromatic nitrogens is 1. The molecule has 5 nitrogen and oxygen atoms in total. The molecule has 0 bridgehead atoms. The van der Waals surface area contributed by atoms with Gasteiger partial charge in [-0.15, -0.1) is 6.58 Å². The molecule has 0 saturated carbocycles. The van der Waals surface area contributed by atoms with Gasteiger partial charge in [-0.05, 0) is 25.0 Å². The van der Waals surface area contributed by atoms with Gasteiger partial charge in [0.1, 0.15) is 6.04 Å². The predicted octanol–water partition coefficient (Wildman–Crippen LogP) is 0.631. The van der Waals surface area contributed by atoms with E-state index in [1.54, 1.807) is 18.2 Å². The second-order valence-corrected chi connectivity index (χ2v) is 3.53. The molecule has 1 heterocycles. The lowest BCUT2D eigenvalue weighted by molar-refractivity contribution is -0.119. The zero-order valence-corrected chi connectivity index (χ0v) is 9.43. The van der Waals surface area contributed by atoms with Crippen molar-refractivity contribution < 1.29 is 9.59 Å². The van der Waals surface area contributed by atoms with Crippen molar-refractivity contribution in [2.45, 2.75) is 18.9 Å². The van der Waals surface area contributed by atoms with Crippen LogP contribution in [0.25, 0.3) is 0 Å². The van der Waals surface area contributed by atoms with E-state index < -0.39 is 11.9 Å². The Morgan fingerprint density at radius 2 is 2.12 bits per heavy atom. The summed E-state index contributed by atoms with van der Waals surface area (Å²) in [6.45, 7) is 3.56. The average Bonchev–Trinajstić information content (AvgIpc) is 2.35. The lowest BCUT2D eigenvalue weighted by Gasteiger charge is -2.14. The van der Waals surface area contributed by atoms with Crippen LogP contribution >= 0.6 is 0 Å². The minimum atomic E-state index is -0.673. The topological polar surface area (TPSA) is 85.1 Å². The van der Waals surface area contributed by atoms with Crippen LogP contribution in [0.1, 0.15) is 23.2 Å². The number of nitrogens with two attached hydrogens (primary N) is 1. The zero-order valence-electron chi connectivity index (χ0n) is 9.43. The van der Waals surface area contributed by atoms with Gasteiger partial charge in [-0.25, -0.2) is 0 Å². The quantitative estimate of drug-likeness (QED) is 0.707. The summed E-state index contributed by atoms with van der Waals surface area (Å²) in [5.74, 6) is -0.880. The molecular weight excluding hydrogens is 218 g/mol. The molecule has 1 aromatic heterocycles. The van der Waals surface area contributed by atoms with Gasteiger partial charge in [0.05, 0.1) is 0 Å². The van der Waals surface area contributed by atoms with Crippen molar-refractivity contribution in [2.75, 3.05) is 0 Å². The Balaban J connectivity index is 2.64. The number of hydrogen-bond donors (Lipinski definition) is 2. The predicted molar refractivity (Wildman–Crippen MR) is 64.1 cm³/mol. The van der Waals surface area contributed by atoms with E-state index >= 15 is 0 Å². The maximum Gasteiger partial charge on any atom is 0.252 e. The molecule has 90 valence electrons. The van der Waals surface area contributed by atoms with E-state index in [4.69, 9.17) is 5.73 Å². The Morgan fingerprint density at radius 3 is 2.65 bits per heavy atom. The van der Waals surface area contributed by atoms with E-state index in [1.807, 2.05) is 0 Å². The van der Waals surface area contributed by atoms with Gasteiger partial charge in [0.25, 0.3) is 5.91 Å². The first-order valence-corrected chi connectivity index (χ1v) is 5.26. The van der Waals surface area contributed by atoms with E-state index in [0.717, 1.165) is 0 Å². The van der Waals surface area contributed by atoms with Gasteiger partial charge in [-0.2, -0.15) is 0 Å². The molecule has 5 heteroatoms. The first kappa shape index (κ1) is 12.9. The highest BCUT2D eigenvalue weighted by molar-refractivity contribution is 5.97. The Bertz CT molecular complexity index is 403. The van der Waals surface area contributed by atoms with Gasteiger partial charge in [0.2, 0.25) is 5.91 Å². The molecule has 1 aromatic rings. The molecule has 0 saturated heterocycles. The number of hydrogen-bond acceptors (Lipinski definition) is 3. The molecule has 2 amide bonds. The second kappa shape index (κ2) is 6.42. The Kier molecular flexibility index (Phi) is 4.87. The number of nitrogens with zero attached hydrogens (tertiary/aromatic N) is 1. The minimum Gasteiger partial charge on any atom is -0.368 e. The number of allylic oxidation sites excluding steroid dienone is 1. The molecule has 0 aromatic carbocycles. The van der Waals surface area contributed by atoms with Gasteiger partial charge < -0.3 is 11.1 Å². The van der Waals surface area contributed by atoms with Crippen molar-refractivity contribution in [3.8, 4) is 0 Å². The lowest BCUT2D eigenvalue weighted by Crippen LogP contribution is -2.44. The van der Waals surface area contributed by atoms with Crippen molar-refractivity contribution in [3.05, 3.63) is 42.7 Å². The smallest absolute Gasteiger partial charge is 0.252 e. The largest absolute Gasteiger partial charge is 0.368 e. The third kappa shape index (κ3) is 4.06. The summed E-state index contributed by atoms with van der Waals surface area (Å²) in [6, 6.07) is 2.47. The molecule has 0 aliphatic rings. The van der Waals surface area contributed by atoms with E-state index in [1.165, 1.54) is 12.4 Å². The summed E-state index contributed by atoms with van der Waals surface area (Å²) < 4.78 is 0. The van der Waals surface area contributed by atoms with E-state index in [9.17, 15) is 9.59 Å². The number of primary amides is 1. The highest BCUT2D eigenvalue weighted by Crippen LogP contribution is 2.01. The summed E-state index contributed by atoms with van der Waals surface area (Å²) in [4.78, 5) is 26.7. The van der Waals surface area contributed by atoms with Crippen LogP contribution < -0.4 is 11.1 Å². The van der Waals surface area contributed by atoms with Gasteiger partial charge in [-0.1, -0.05) is 6.08 Å². The van der Waals surface area contributed by atoms with Crippen LogP contribution in [0, 0.1) is 0 Å². The van der Waals surface area contributed by atoms with Crippen LogP contribution in [0.4, 0.5) is 0 Å². The molecule has 0 radical (unpaired) electrons. The van der Waals surface area contributed by atoms with Gasteiger partial charge in [-0.3, -0.25) is 14.6 Å². The van der Waals surface area contributed by atoms with Crippen molar-refractivity contribution in [1.82, 2.24) is 10.3 Å². The van der Waals surface area contributed by atoms with Crippen molar-refractivity contribution in [1.29, 1.82) is 0 Å². The number of amides is 2. The number of pyridine rings is 1. The third-order valence-corrected chi connectivity index (χ3v) is 2.25. The number of rotatable bonds is 6. The van der Waals surface area contributed by atoms with Crippen molar-refractivity contribution >= 4 is 11.8 Å². The highest BCUT2D eigenvalue weighted by Gasteiger charge is 2.17. The standard InChI is InChI=1S/C12H15N3O2/c1-2-3-4-10(11(13)16)15-12(17)9-5-7-14-8-6-9/h2,5-8,10H,1,3-4H2,(H2,13,16)(H,15,17)/t10-/m1/s1. The monoisotopic (exact) mass is 233 g/mol. The van der Waals surface area contributed by atoms with Gasteiger partial charge in [0, 0.05) is 18.0 Å². The summed E-state index contributed by atoms with van der Waals surface area (Å²) in [5, 5.41) is 2.58. The zero-order chi connectivity index (χ0) is 12.7. The average molecular weight is 233 g/mol. The Labute approximate surface area is 99.7 Å². The van der Waals surface area contributed by atoms with Crippen LogP contribution in [-0.2, 0) is 4.79 Å². The summed E-state index contributed by atoms with van der Waals surface area (Å²) in [5.41, 5.74) is 5.65. The molecule has 0 spiro atoms. The van der Waals surface area contributed by atoms with Crippen molar-refractivity contribution in [2.24, 2.45) is 5.73 Å². The fourth-order valence-electron chi connectivity index (χ4n) is 1.31. The van der Waals surface area contributed by atoms with Crippen LogP contribution in [-0.4, -0.2) is 22.8 Å². The maximum absolute atomic E-state index is 11.8. The van der Waals surface area contributed by atoms with Gasteiger partial charge in [0.15, 0.2) is 0 Å².